The number of aromatic amines is 1. The van der Waals surface area contributed by atoms with Crippen LogP contribution in [0.15, 0.2) is 41.2 Å². The molecule has 104 valence electrons. The van der Waals surface area contributed by atoms with Crippen LogP contribution in [0.4, 0.5) is 0 Å². The fraction of sp³-hybridized carbons (Fsp3) is 0.125. The lowest BCUT2D eigenvalue weighted by atomic mass is 10.1. The Labute approximate surface area is 124 Å². The molecule has 0 spiro atoms. The van der Waals surface area contributed by atoms with Gasteiger partial charge in [0, 0.05) is 10.9 Å². The van der Waals surface area contributed by atoms with E-state index in [4.69, 9.17) is 4.74 Å². The fourth-order valence-electron chi connectivity index (χ4n) is 2.56. The quantitative estimate of drug-likeness (QED) is 0.574. The van der Waals surface area contributed by atoms with Crippen LogP contribution in [0.3, 0.4) is 0 Å². The average Bonchev–Trinajstić information content (AvgIpc) is 2.90. The van der Waals surface area contributed by atoms with Crippen molar-refractivity contribution in [2.75, 3.05) is 6.61 Å². The summed E-state index contributed by atoms with van der Waals surface area (Å²) in [6, 6.07) is 11.4. The van der Waals surface area contributed by atoms with Gasteiger partial charge in [0.15, 0.2) is 5.43 Å². The minimum absolute atomic E-state index is 0.0386. The number of nitrogens with one attached hydrogen (secondary N) is 1. The smallest absolute Gasteiger partial charge is 0.274 e. The zero-order valence-corrected chi connectivity index (χ0v) is 12.2. The number of ether oxygens (including phenoxy) is 1. The Hall–Kier alpha value is -2.40. The molecule has 4 aromatic rings. The van der Waals surface area contributed by atoms with Crippen molar-refractivity contribution in [2.24, 2.45) is 0 Å². The molecule has 2 heterocycles. The van der Waals surface area contributed by atoms with Crippen LogP contribution in [-0.2, 0) is 0 Å². The van der Waals surface area contributed by atoms with Crippen molar-refractivity contribution in [1.29, 1.82) is 0 Å². The van der Waals surface area contributed by atoms with E-state index in [0.29, 0.717) is 22.6 Å². The number of aromatic nitrogens is 2. The zero-order chi connectivity index (χ0) is 14.4. The largest absolute Gasteiger partial charge is 0.470 e. The van der Waals surface area contributed by atoms with E-state index in [2.05, 4.69) is 9.97 Å². The van der Waals surface area contributed by atoms with Gasteiger partial charge in [0.05, 0.1) is 27.7 Å². The summed E-state index contributed by atoms with van der Waals surface area (Å²) in [5.74, 6) is 0. The summed E-state index contributed by atoms with van der Waals surface area (Å²) >= 11 is 1.42. The van der Waals surface area contributed by atoms with Crippen LogP contribution in [0.2, 0.25) is 0 Å². The molecule has 0 bridgehead atoms. The Morgan fingerprint density at radius 1 is 1.19 bits per heavy atom. The molecule has 0 amide bonds. The van der Waals surface area contributed by atoms with Crippen molar-refractivity contribution in [3.63, 3.8) is 0 Å². The number of rotatable bonds is 2. The maximum absolute atomic E-state index is 12.8. The van der Waals surface area contributed by atoms with Crippen LogP contribution in [0.25, 0.3) is 32.0 Å². The molecule has 0 aliphatic carbocycles. The van der Waals surface area contributed by atoms with Crippen LogP contribution in [0, 0.1) is 0 Å². The van der Waals surface area contributed by atoms with E-state index in [-0.39, 0.29) is 5.43 Å². The Balaban J connectivity index is 2.18. The van der Waals surface area contributed by atoms with Crippen molar-refractivity contribution in [1.82, 2.24) is 9.97 Å². The summed E-state index contributed by atoms with van der Waals surface area (Å²) in [6.07, 6.45) is 0. The molecule has 0 fully saturated rings. The van der Waals surface area contributed by atoms with Crippen molar-refractivity contribution in [2.45, 2.75) is 6.92 Å². The number of hydrogen-bond donors (Lipinski definition) is 1. The first-order valence-corrected chi connectivity index (χ1v) is 7.56. The predicted molar refractivity (Wildman–Crippen MR) is 86.4 cm³/mol. The third kappa shape index (κ3) is 1.81. The molecule has 0 atom stereocenters. The van der Waals surface area contributed by atoms with Gasteiger partial charge in [-0.3, -0.25) is 4.79 Å². The molecule has 21 heavy (non-hydrogen) atoms. The van der Waals surface area contributed by atoms with Gasteiger partial charge >= 0.3 is 0 Å². The third-order valence-electron chi connectivity index (χ3n) is 3.47. The number of benzene rings is 2. The molecule has 0 aliphatic rings. The first-order chi connectivity index (χ1) is 10.3. The second-order valence-electron chi connectivity index (χ2n) is 4.75. The van der Waals surface area contributed by atoms with E-state index >= 15 is 0 Å². The molecule has 2 aromatic heterocycles. The van der Waals surface area contributed by atoms with Crippen LogP contribution in [-0.4, -0.2) is 16.6 Å². The number of fused-ring (bicyclic) bond motifs is 4. The Bertz CT molecular complexity index is 1030. The molecule has 4 nitrogen and oxygen atoms in total. The van der Waals surface area contributed by atoms with E-state index in [1.807, 2.05) is 43.3 Å². The van der Waals surface area contributed by atoms with Gasteiger partial charge < -0.3 is 9.72 Å². The molecule has 1 N–H and O–H groups in total. The molecular weight excluding hydrogens is 284 g/mol. The summed E-state index contributed by atoms with van der Waals surface area (Å²) in [4.78, 5) is 20.5. The van der Waals surface area contributed by atoms with E-state index in [1.54, 1.807) is 0 Å². The van der Waals surface area contributed by atoms with Crippen molar-refractivity contribution in [3.8, 4) is 5.19 Å². The molecule has 0 saturated heterocycles. The Morgan fingerprint density at radius 2 is 2.05 bits per heavy atom. The predicted octanol–water partition coefficient (Wildman–Crippen LogP) is 3.69. The minimum atomic E-state index is 0.0386. The number of nitrogens with zero attached hydrogens (tertiary/aromatic N) is 1. The highest BCUT2D eigenvalue weighted by atomic mass is 32.1. The fourth-order valence-corrected chi connectivity index (χ4v) is 3.57. The van der Waals surface area contributed by atoms with Crippen molar-refractivity contribution < 1.29 is 4.74 Å². The number of H-pyrrole nitrogens is 1. The molecule has 0 saturated carbocycles. The van der Waals surface area contributed by atoms with Crippen molar-refractivity contribution >= 4 is 43.4 Å². The number of thiazole rings is 1. The molecular formula is C16H12N2O2S. The number of hydrogen-bond acceptors (Lipinski definition) is 4. The first-order valence-electron chi connectivity index (χ1n) is 6.75. The third-order valence-corrected chi connectivity index (χ3v) is 4.48. The zero-order valence-electron chi connectivity index (χ0n) is 11.3. The molecule has 0 aliphatic heterocycles. The second kappa shape index (κ2) is 4.56. The summed E-state index contributed by atoms with van der Waals surface area (Å²) in [5.41, 5.74) is 2.52. The molecule has 4 rings (SSSR count). The monoisotopic (exact) mass is 296 g/mol. The Kier molecular flexibility index (Phi) is 2.68. The summed E-state index contributed by atoms with van der Waals surface area (Å²) in [6.45, 7) is 2.49. The minimum Gasteiger partial charge on any atom is -0.470 e. The topological polar surface area (TPSA) is 55.0 Å². The maximum atomic E-state index is 12.8. The van der Waals surface area contributed by atoms with Crippen LogP contribution < -0.4 is 10.2 Å². The SMILES string of the molecule is CCOc1nc2ccc3[nH]c4ccccc4c(=O)c3c2s1. The highest BCUT2D eigenvalue weighted by Gasteiger charge is 2.13. The van der Waals surface area contributed by atoms with Gasteiger partial charge in [0.25, 0.3) is 5.19 Å². The van der Waals surface area contributed by atoms with Gasteiger partial charge in [0.2, 0.25) is 0 Å². The van der Waals surface area contributed by atoms with E-state index in [0.717, 1.165) is 21.3 Å². The lowest BCUT2D eigenvalue weighted by Crippen LogP contribution is -2.03. The number of para-hydroxylation sites is 1. The lowest BCUT2D eigenvalue weighted by Gasteiger charge is -2.02. The molecule has 2 aromatic carbocycles. The summed E-state index contributed by atoms with van der Waals surface area (Å²) in [5, 5.41) is 1.99. The molecule has 0 unspecified atom stereocenters. The number of pyridine rings is 1. The van der Waals surface area contributed by atoms with Crippen LogP contribution >= 0.6 is 11.3 Å². The van der Waals surface area contributed by atoms with Gasteiger partial charge in [-0.25, -0.2) is 4.98 Å². The highest BCUT2D eigenvalue weighted by molar-refractivity contribution is 7.21. The maximum Gasteiger partial charge on any atom is 0.274 e. The second-order valence-corrected chi connectivity index (χ2v) is 5.71. The summed E-state index contributed by atoms with van der Waals surface area (Å²) in [7, 11) is 0. The van der Waals surface area contributed by atoms with E-state index in [1.165, 1.54) is 11.3 Å². The van der Waals surface area contributed by atoms with Crippen LogP contribution in [0.5, 0.6) is 5.19 Å². The standard InChI is InChI=1S/C16H12N2O2S/c1-2-20-16-18-12-8-7-11-13(15(12)21-16)14(19)9-5-3-4-6-10(9)17-11/h3-8H,2H2,1H3,(H,17,19). The average molecular weight is 296 g/mol. The van der Waals surface area contributed by atoms with Crippen LogP contribution in [0.1, 0.15) is 6.92 Å². The van der Waals surface area contributed by atoms with Gasteiger partial charge in [-0.1, -0.05) is 23.5 Å². The van der Waals surface area contributed by atoms with Gasteiger partial charge in [-0.2, -0.15) is 0 Å². The van der Waals surface area contributed by atoms with Gasteiger partial charge in [-0.05, 0) is 31.2 Å². The van der Waals surface area contributed by atoms with Crippen molar-refractivity contribution in [3.05, 3.63) is 46.6 Å². The van der Waals surface area contributed by atoms with Gasteiger partial charge in [0.1, 0.15) is 0 Å². The molecule has 0 radical (unpaired) electrons. The first kappa shape index (κ1) is 12.3. The highest BCUT2D eigenvalue weighted by Crippen LogP contribution is 2.32. The normalized spacial score (nSPS) is 11.5. The Morgan fingerprint density at radius 3 is 2.90 bits per heavy atom. The van der Waals surface area contributed by atoms with E-state index < -0.39 is 0 Å². The summed E-state index contributed by atoms with van der Waals surface area (Å²) < 4.78 is 6.34. The van der Waals surface area contributed by atoms with E-state index in [9.17, 15) is 4.79 Å². The lowest BCUT2D eigenvalue weighted by molar-refractivity contribution is 0.339. The van der Waals surface area contributed by atoms with Gasteiger partial charge in [-0.15, -0.1) is 0 Å². The molecule has 5 heteroatoms.